The van der Waals surface area contributed by atoms with Crippen molar-refractivity contribution in [3.8, 4) is 0 Å². The number of unbranched alkanes of at least 4 members (excludes halogenated alkanes) is 22. The first-order valence-electron chi connectivity index (χ1n) is 16.0. The summed E-state index contributed by atoms with van der Waals surface area (Å²) in [5, 5.41) is 8.86. The molecule has 0 aliphatic carbocycles. The molecule has 0 aromatic heterocycles. The van der Waals surface area contributed by atoms with Crippen molar-refractivity contribution in [1.29, 1.82) is 0 Å². The maximum absolute atomic E-state index is 8.86. The minimum atomic E-state index is 0.374. The molecule has 0 radical (unpaired) electrons. The smallest absolute Gasteiger partial charge is 0.0431 e. The Hall–Kier alpha value is -0.0400. The molecule has 0 bridgehead atoms. The van der Waals surface area contributed by atoms with Crippen molar-refractivity contribution in [1.82, 2.24) is 0 Å². The van der Waals surface area contributed by atoms with E-state index >= 15 is 0 Å². The molecule has 200 valence electrons. The lowest BCUT2D eigenvalue weighted by Crippen LogP contribution is -2.01. The Morgan fingerprint density at radius 2 is 0.576 bits per heavy atom. The van der Waals surface area contributed by atoms with E-state index in [1.54, 1.807) is 0 Å². The highest BCUT2D eigenvalue weighted by atomic mass is 16.2. The van der Waals surface area contributed by atoms with Crippen LogP contribution in [0.15, 0.2) is 0 Å². The van der Waals surface area contributed by atoms with E-state index in [4.69, 9.17) is 5.11 Å². The fraction of sp³-hybridized carbons (Fsp3) is 1.00. The third-order valence-electron chi connectivity index (χ3n) is 7.70. The topological polar surface area (TPSA) is 20.2 Å². The summed E-state index contributed by atoms with van der Waals surface area (Å²) >= 11 is 0. The molecule has 0 aliphatic rings. The van der Waals surface area contributed by atoms with Crippen LogP contribution >= 0.6 is 0 Å². The van der Waals surface area contributed by atoms with Crippen LogP contribution in [0.5, 0.6) is 0 Å². The van der Waals surface area contributed by atoms with E-state index < -0.39 is 0 Å². The molecule has 1 unspecified atom stereocenters. The molecule has 1 atom stereocenters. The summed E-state index contributed by atoms with van der Waals surface area (Å²) in [6.07, 6.45) is 40.0. The molecular formula is C32H66O. The lowest BCUT2D eigenvalue weighted by atomic mass is 9.89. The van der Waals surface area contributed by atoms with Gasteiger partial charge in [0.2, 0.25) is 0 Å². The Balaban J connectivity index is 3.72. The van der Waals surface area contributed by atoms with E-state index in [9.17, 15) is 0 Å². The molecule has 0 fully saturated rings. The molecule has 0 aromatic carbocycles. The molecule has 0 amide bonds. The largest absolute Gasteiger partial charge is 0.396 e. The van der Waals surface area contributed by atoms with Gasteiger partial charge in [0.1, 0.15) is 0 Å². The van der Waals surface area contributed by atoms with Crippen LogP contribution in [-0.4, -0.2) is 11.7 Å². The Kier molecular flexibility index (Phi) is 30.0. The van der Waals surface area contributed by atoms with E-state index in [0.29, 0.717) is 6.61 Å². The second-order valence-corrected chi connectivity index (χ2v) is 11.1. The van der Waals surface area contributed by atoms with Crippen molar-refractivity contribution in [2.24, 2.45) is 5.92 Å². The summed E-state index contributed by atoms with van der Waals surface area (Å²) in [5.74, 6) is 1.01. The van der Waals surface area contributed by atoms with Gasteiger partial charge in [-0.3, -0.25) is 0 Å². The highest BCUT2D eigenvalue weighted by Gasteiger charge is 2.08. The van der Waals surface area contributed by atoms with Gasteiger partial charge < -0.3 is 5.11 Å². The molecule has 0 aromatic rings. The van der Waals surface area contributed by atoms with Crippen LogP contribution in [0.25, 0.3) is 0 Å². The minimum Gasteiger partial charge on any atom is -0.396 e. The second kappa shape index (κ2) is 30.0. The van der Waals surface area contributed by atoms with Gasteiger partial charge in [0, 0.05) is 6.61 Å². The summed E-state index contributed by atoms with van der Waals surface area (Å²) in [7, 11) is 0. The van der Waals surface area contributed by atoms with Gasteiger partial charge in [0.15, 0.2) is 0 Å². The summed E-state index contributed by atoms with van der Waals surface area (Å²) in [6, 6.07) is 0. The number of hydrogen-bond donors (Lipinski definition) is 1. The zero-order valence-electron chi connectivity index (χ0n) is 23.5. The number of aliphatic hydroxyl groups is 1. The van der Waals surface area contributed by atoms with Gasteiger partial charge in [-0.15, -0.1) is 0 Å². The van der Waals surface area contributed by atoms with Crippen LogP contribution in [0.2, 0.25) is 0 Å². The zero-order valence-corrected chi connectivity index (χ0v) is 23.5. The van der Waals surface area contributed by atoms with E-state index in [-0.39, 0.29) is 0 Å². The van der Waals surface area contributed by atoms with Crippen LogP contribution in [0, 0.1) is 5.92 Å². The SMILES string of the molecule is CCCCCCCCCCCCCCC(CCCCCCC)CCCCCCCCCCO. The molecule has 0 rings (SSSR count). The van der Waals surface area contributed by atoms with Crippen LogP contribution in [0.4, 0.5) is 0 Å². The molecule has 1 heteroatoms. The molecule has 1 nitrogen and oxygen atoms in total. The molecular weight excluding hydrogens is 400 g/mol. The zero-order chi connectivity index (χ0) is 24.1. The first-order chi connectivity index (χ1) is 16.3. The van der Waals surface area contributed by atoms with Crippen molar-refractivity contribution in [3.63, 3.8) is 0 Å². The van der Waals surface area contributed by atoms with Crippen molar-refractivity contribution in [3.05, 3.63) is 0 Å². The molecule has 0 heterocycles. The lowest BCUT2D eigenvalue weighted by molar-refractivity contribution is 0.282. The highest BCUT2D eigenvalue weighted by molar-refractivity contribution is 4.62. The molecule has 33 heavy (non-hydrogen) atoms. The summed E-state index contributed by atoms with van der Waals surface area (Å²) in [6.45, 7) is 5.00. The van der Waals surface area contributed by atoms with Crippen molar-refractivity contribution in [2.45, 2.75) is 194 Å². The standard InChI is InChI=1S/C32H66O/c1-3-5-7-9-10-11-12-13-14-17-21-25-29-32(28-24-20-8-6-4-2)30-26-22-18-15-16-19-23-27-31-33/h32-33H,3-31H2,1-2H3. The highest BCUT2D eigenvalue weighted by Crippen LogP contribution is 2.25. The summed E-state index contributed by atoms with van der Waals surface area (Å²) in [4.78, 5) is 0. The van der Waals surface area contributed by atoms with Crippen molar-refractivity contribution >= 4 is 0 Å². The van der Waals surface area contributed by atoms with Gasteiger partial charge in [-0.2, -0.15) is 0 Å². The van der Waals surface area contributed by atoms with E-state index in [1.807, 2.05) is 0 Å². The molecule has 0 saturated carbocycles. The van der Waals surface area contributed by atoms with E-state index in [1.165, 1.54) is 173 Å². The number of hydrogen-bond acceptors (Lipinski definition) is 1. The van der Waals surface area contributed by atoms with E-state index in [2.05, 4.69) is 13.8 Å². The molecule has 0 aliphatic heterocycles. The summed E-state index contributed by atoms with van der Waals surface area (Å²) in [5.41, 5.74) is 0. The average Bonchev–Trinajstić information content (AvgIpc) is 2.83. The Morgan fingerprint density at radius 3 is 0.848 bits per heavy atom. The van der Waals surface area contributed by atoms with Gasteiger partial charge in [0.05, 0.1) is 0 Å². The Morgan fingerprint density at radius 1 is 0.333 bits per heavy atom. The summed E-state index contributed by atoms with van der Waals surface area (Å²) < 4.78 is 0. The van der Waals surface area contributed by atoms with Crippen molar-refractivity contribution < 1.29 is 5.11 Å². The van der Waals surface area contributed by atoms with Gasteiger partial charge in [-0.05, 0) is 12.3 Å². The van der Waals surface area contributed by atoms with Crippen LogP contribution in [0.1, 0.15) is 194 Å². The first-order valence-corrected chi connectivity index (χ1v) is 16.0. The maximum atomic E-state index is 8.86. The monoisotopic (exact) mass is 467 g/mol. The quantitative estimate of drug-likeness (QED) is 0.109. The van der Waals surface area contributed by atoms with Gasteiger partial charge in [0.25, 0.3) is 0 Å². The fourth-order valence-electron chi connectivity index (χ4n) is 5.35. The molecule has 0 spiro atoms. The van der Waals surface area contributed by atoms with Gasteiger partial charge in [-0.25, -0.2) is 0 Å². The van der Waals surface area contributed by atoms with Crippen LogP contribution < -0.4 is 0 Å². The predicted octanol–water partition coefficient (Wildman–Crippen LogP) is 11.6. The van der Waals surface area contributed by atoms with Gasteiger partial charge in [-0.1, -0.05) is 187 Å². The molecule has 1 N–H and O–H groups in total. The van der Waals surface area contributed by atoms with E-state index in [0.717, 1.165) is 12.3 Å². The minimum absolute atomic E-state index is 0.374. The van der Waals surface area contributed by atoms with Crippen LogP contribution in [0.3, 0.4) is 0 Å². The fourth-order valence-corrected chi connectivity index (χ4v) is 5.35. The number of aliphatic hydroxyl groups excluding tert-OH is 1. The van der Waals surface area contributed by atoms with Crippen LogP contribution in [-0.2, 0) is 0 Å². The third-order valence-corrected chi connectivity index (χ3v) is 7.70. The second-order valence-electron chi connectivity index (χ2n) is 11.1. The Labute approximate surface area is 211 Å². The first kappa shape index (κ1) is 33.0. The average molecular weight is 467 g/mol. The van der Waals surface area contributed by atoms with Crippen molar-refractivity contribution in [2.75, 3.05) is 6.61 Å². The Bertz CT molecular complexity index is 326. The normalized spacial score (nSPS) is 12.5. The predicted molar refractivity (Wildman–Crippen MR) is 151 cm³/mol. The maximum Gasteiger partial charge on any atom is 0.0431 e. The lowest BCUT2D eigenvalue weighted by Gasteiger charge is -2.17. The third kappa shape index (κ3) is 28.1. The number of rotatable bonds is 29. The molecule has 0 saturated heterocycles. The van der Waals surface area contributed by atoms with Gasteiger partial charge >= 0.3 is 0 Å².